The smallest absolute Gasteiger partial charge is 0.231 e. The molecule has 0 atom stereocenters. The Morgan fingerprint density at radius 3 is 2.64 bits per heavy atom. The van der Waals surface area contributed by atoms with E-state index >= 15 is 0 Å². The minimum absolute atomic E-state index is 0.639. The van der Waals surface area contributed by atoms with Gasteiger partial charge in [-0.05, 0) is 42.5 Å². The summed E-state index contributed by atoms with van der Waals surface area (Å²) in [6, 6.07) is 13.9. The first-order chi connectivity index (χ1) is 12.3. The number of hydrogen-bond acceptors (Lipinski definition) is 7. The molecule has 4 rings (SSSR count). The van der Waals surface area contributed by atoms with Crippen LogP contribution in [0.2, 0.25) is 0 Å². The minimum atomic E-state index is 0.639. The summed E-state index contributed by atoms with van der Waals surface area (Å²) in [6.07, 6.45) is 0. The average Bonchev–Trinajstić information content (AvgIpc) is 3.09. The molecule has 1 aromatic heterocycles. The van der Waals surface area contributed by atoms with E-state index in [9.17, 15) is 0 Å². The van der Waals surface area contributed by atoms with Gasteiger partial charge >= 0.3 is 0 Å². The zero-order valence-corrected chi connectivity index (χ0v) is 14.7. The molecule has 0 unspecified atom stereocenters. The van der Waals surface area contributed by atoms with Gasteiger partial charge in [0, 0.05) is 18.8 Å². The molecule has 0 aliphatic carbocycles. The minimum Gasteiger partial charge on any atom is -0.497 e. The molecule has 1 saturated heterocycles. The first-order valence-electron chi connectivity index (χ1n) is 8.11. The number of nitrogens with zero attached hydrogens (tertiary/aromatic N) is 4. The van der Waals surface area contributed by atoms with E-state index in [0.717, 1.165) is 48.0 Å². The fourth-order valence-electron chi connectivity index (χ4n) is 2.71. The highest BCUT2D eigenvalue weighted by Crippen LogP contribution is 2.32. The van der Waals surface area contributed by atoms with Crippen molar-refractivity contribution in [2.24, 2.45) is 10.2 Å². The zero-order chi connectivity index (χ0) is 17.1. The second kappa shape index (κ2) is 7.16. The number of rotatable bonds is 4. The van der Waals surface area contributed by atoms with E-state index in [1.807, 2.05) is 30.3 Å². The van der Waals surface area contributed by atoms with Gasteiger partial charge in [0.05, 0.1) is 36.2 Å². The standard InChI is InChI=1S/C18H18N4O2S/c1-23-15-6-7-16-17(12-15)25-18(19-16)21-20-13-2-4-14(5-3-13)22-8-10-24-11-9-22/h2-7,12H,8-11H2,1H3. The number of morpholine rings is 1. The lowest BCUT2D eigenvalue weighted by Gasteiger charge is -2.28. The molecule has 1 fully saturated rings. The van der Waals surface area contributed by atoms with Gasteiger partial charge in [-0.25, -0.2) is 4.98 Å². The van der Waals surface area contributed by atoms with Crippen LogP contribution < -0.4 is 9.64 Å². The van der Waals surface area contributed by atoms with Crippen molar-refractivity contribution < 1.29 is 9.47 Å². The second-order valence-electron chi connectivity index (χ2n) is 5.65. The number of azo groups is 1. The molecule has 3 aromatic rings. The number of hydrogen-bond donors (Lipinski definition) is 0. The Morgan fingerprint density at radius 2 is 1.88 bits per heavy atom. The topological polar surface area (TPSA) is 59.3 Å². The quantitative estimate of drug-likeness (QED) is 0.645. The summed E-state index contributed by atoms with van der Waals surface area (Å²) in [5, 5.41) is 9.21. The molecule has 0 saturated carbocycles. The predicted molar refractivity (Wildman–Crippen MR) is 99.8 cm³/mol. The van der Waals surface area contributed by atoms with Crippen LogP contribution in [0, 0.1) is 0 Å². The van der Waals surface area contributed by atoms with Gasteiger partial charge in [0.1, 0.15) is 5.75 Å². The Balaban J connectivity index is 1.49. The average molecular weight is 354 g/mol. The molecule has 0 bridgehead atoms. The van der Waals surface area contributed by atoms with E-state index in [2.05, 4.69) is 32.2 Å². The monoisotopic (exact) mass is 354 g/mol. The molecule has 0 radical (unpaired) electrons. The van der Waals surface area contributed by atoms with Crippen molar-refractivity contribution in [2.45, 2.75) is 0 Å². The van der Waals surface area contributed by atoms with Gasteiger partial charge in [0.25, 0.3) is 0 Å². The first kappa shape index (κ1) is 16.0. The summed E-state index contributed by atoms with van der Waals surface area (Å²) >= 11 is 1.50. The molecule has 6 nitrogen and oxygen atoms in total. The highest BCUT2D eigenvalue weighted by Gasteiger charge is 2.10. The number of fused-ring (bicyclic) bond motifs is 1. The summed E-state index contributed by atoms with van der Waals surface area (Å²) in [6.45, 7) is 3.42. The Morgan fingerprint density at radius 1 is 1.08 bits per heavy atom. The summed E-state index contributed by atoms with van der Waals surface area (Å²) in [5.74, 6) is 0.818. The predicted octanol–water partition coefficient (Wildman–Crippen LogP) is 4.56. The van der Waals surface area contributed by atoms with Gasteiger partial charge < -0.3 is 14.4 Å². The van der Waals surface area contributed by atoms with Crippen molar-refractivity contribution in [3.8, 4) is 5.75 Å². The van der Waals surface area contributed by atoms with Gasteiger partial charge in [-0.1, -0.05) is 11.3 Å². The molecule has 7 heteroatoms. The number of benzene rings is 2. The third kappa shape index (κ3) is 3.62. The molecule has 2 aromatic carbocycles. The van der Waals surface area contributed by atoms with E-state index in [0.29, 0.717) is 5.13 Å². The van der Waals surface area contributed by atoms with Crippen molar-refractivity contribution in [3.05, 3.63) is 42.5 Å². The number of methoxy groups -OCH3 is 1. The van der Waals surface area contributed by atoms with Gasteiger partial charge in [0.15, 0.2) is 0 Å². The largest absolute Gasteiger partial charge is 0.497 e. The number of thiazole rings is 1. The maximum absolute atomic E-state index is 5.38. The summed E-state index contributed by atoms with van der Waals surface area (Å²) in [7, 11) is 1.66. The number of anilines is 1. The van der Waals surface area contributed by atoms with Crippen LogP contribution in [0.3, 0.4) is 0 Å². The molecule has 1 aliphatic heterocycles. The lowest BCUT2D eigenvalue weighted by molar-refractivity contribution is 0.122. The van der Waals surface area contributed by atoms with Crippen LogP contribution in [0.25, 0.3) is 10.2 Å². The molecule has 128 valence electrons. The van der Waals surface area contributed by atoms with Crippen molar-refractivity contribution in [1.82, 2.24) is 4.98 Å². The molecular formula is C18H18N4O2S. The lowest BCUT2D eigenvalue weighted by atomic mass is 10.2. The normalized spacial score (nSPS) is 15.2. The highest BCUT2D eigenvalue weighted by atomic mass is 32.1. The van der Waals surface area contributed by atoms with Crippen molar-refractivity contribution >= 4 is 38.1 Å². The Hall–Kier alpha value is -2.51. The van der Waals surface area contributed by atoms with Crippen LogP contribution in [-0.4, -0.2) is 38.4 Å². The van der Waals surface area contributed by atoms with Crippen molar-refractivity contribution in [3.63, 3.8) is 0 Å². The molecule has 0 N–H and O–H groups in total. The molecule has 25 heavy (non-hydrogen) atoms. The first-order valence-corrected chi connectivity index (χ1v) is 8.92. The third-order valence-corrected chi connectivity index (χ3v) is 4.96. The van der Waals surface area contributed by atoms with Gasteiger partial charge in [-0.15, -0.1) is 10.2 Å². The van der Waals surface area contributed by atoms with Gasteiger partial charge in [-0.3, -0.25) is 0 Å². The summed E-state index contributed by atoms with van der Waals surface area (Å²) in [4.78, 5) is 6.79. The summed E-state index contributed by atoms with van der Waals surface area (Å²) in [5.41, 5.74) is 2.91. The highest BCUT2D eigenvalue weighted by molar-refractivity contribution is 7.21. The van der Waals surface area contributed by atoms with Crippen molar-refractivity contribution in [1.29, 1.82) is 0 Å². The van der Waals surface area contributed by atoms with E-state index in [-0.39, 0.29) is 0 Å². The van der Waals surface area contributed by atoms with E-state index < -0.39 is 0 Å². The Labute approximate surface area is 149 Å². The van der Waals surface area contributed by atoms with Crippen LogP contribution in [0.15, 0.2) is 52.7 Å². The summed E-state index contributed by atoms with van der Waals surface area (Å²) < 4.78 is 11.7. The number of aromatic nitrogens is 1. The fourth-order valence-corrected chi connectivity index (χ4v) is 3.53. The van der Waals surface area contributed by atoms with Crippen LogP contribution >= 0.6 is 11.3 Å². The molecule has 0 spiro atoms. The maximum atomic E-state index is 5.38. The maximum Gasteiger partial charge on any atom is 0.231 e. The molecule has 1 aliphatic rings. The SMILES string of the molecule is COc1ccc2nc(N=Nc3ccc(N4CCOCC4)cc3)sc2c1. The van der Waals surface area contributed by atoms with Gasteiger partial charge in [0.2, 0.25) is 5.13 Å². The van der Waals surface area contributed by atoms with Gasteiger partial charge in [-0.2, -0.15) is 0 Å². The third-order valence-electron chi connectivity index (χ3n) is 4.06. The molecular weight excluding hydrogens is 336 g/mol. The van der Waals surface area contributed by atoms with Crippen molar-refractivity contribution in [2.75, 3.05) is 38.3 Å². The Bertz CT molecular complexity index is 886. The molecule has 2 heterocycles. The fraction of sp³-hybridized carbons (Fsp3) is 0.278. The zero-order valence-electron chi connectivity index (χ0n) is 13.9. The number of ether oxygens (including phenoxy) is 2. The van der Waals surface area contributed by atoms with Crippen LogP contribution in [0.4, 0.5) is 16.5 Å². The van der Waals surface area contributed by atoms with E-state index in [1.165, 1.54) is 17.0 Å². The van der Waals surface area contributed by atoms with E-state index in [1.54, 1.807) is 7.11 Å². The molecule has 0 amide bonds. The van der Waals surface area contributed by atoms with E-state index in [4.69, 9.17) is 9.47 Å². The van der Waals surface area contributed by atoms with Crippen LogP contribution in [-0.2, 0) is 4.74 Å². The second-order valence-corrected chi connectivity index (χ2v) is 6.66. The Kier molecular flexibility index (Phi) is 4.58. The van der Waals surface area contributed by atoms with Crippen LogP contribution in [0.5, 0.6) is 5.75 Å². The van der Waals surface area contributed by atoms with Crippen LogP contribution in [0.1, 0.15) is 0 Å². The lowest BCUT2D eigenvalue weighted by Crippen LogP contribution is -2.36.